The zero-order valence-corrected chi connectivity index (χ0v) is 27.0. The molecule has 2 heterocycles. The molecule has 0 unspecified atom stereocenters. The van der Waals surface area contributed by atoms with Gasteiger partial charge in [-0.1, -0.05) is 89.8 Å². The third-order valence-corrected chi connectivity index (χ3v) is 7.57. The molecule has 0 aliphatic rings. The zero-order chi connectivity index (χ0) is 33.4. The van der Waals surface area contributed by atoms with E-state index in [1.165, 1.54) is 37.5 Å². The first-order chi connectivity index (χ1) is 22.1. The van der Waals surface area contributed by atoms with E-state index >= 15 is 0 Å². The molecule has 46 heavy (non-hydrogen) atoms. The van der Waals surface area contributed by atoms with Crippen molar-refractivity contribution in [2.75, 3.05) is 13.2 Å². The third kappa shape index (κ3) is 12.9. The van der Waals surface area contributed by atoms with Gasteiger partial charge in [-0.3, -0.25) is 0 Å². The van der Waals surface area contributed by atoms with Crippen LogP contribution in [-0.4, -0.2) is 30.5 Å². The van der Waals surface area contributed by atoms with E-state index < -0.39 is 17.7 Å². The minimum atomic E-state index is -4.91. The molecule has 0 N–H and O–H groups in total. The highest BCUT2D eigenvalue weighted by molar-refractivity contribution is 5.86. The van der Waals surface area contributed by atoms with Gasteiger partial charge in [-0.15, -0.1) is 13.2 Å². The first-order valence-electron chi connectivity index (χ1n) is 16.4. The second kappa shape index (κ2) is 19.0. The van der Waals surface area contributed by atoms with Crippen LogP contribution in [0.15, 0.2) is 57.8 Å². The lowest BCUT2D eigenvalue weighted by Crippen LogP contribution is -2.18. The topological polar surface area (TPSA) is 87.9 Å². The number of carbonyl (C=O) groups excluding carboxylic acids is 1. The van der Waals surface area contributed by atoms with E-state index in [0.29, 0.717) is 42.0 Å². The number of alkyl halides is 3. The fourth-order valence-corrected chi connectivity index (χ4v) is 5.07. The van der Waals surface area contributed by atoms with Gasteiger partial charge in [0.15, 0.2) is 0 Å². The summed E-state index contributed by atoms with van der Waals surface area (Å²) < 4.78 is 60.3. The van der Waals surface area contributed by atoms with Gasteiger partial charge >= 0.3 is 18.0 Å². The lowest BCUT2D eigenvalue weighted by atomic mass is 10.0. The number of unbranched alkanes of at least 4 members (excludes halogenated alkanes) is 11. The van der Waals surface area contributed by atoms with Crippen molar-refractivity contribution in [3.63, 3.8) is 0 Å². The predicted molar refractivity (Wildman–Crippen MR) is 173 cm³/mol. The maximum absolute atomic E-state index is 13.2. The van der Waals surface area contributed by atoms with Crippen molar-refractivity contribution < 1.29 is 36.6 Å². The largest absolute Gasteiger partial charge is 0.573 e. The Morgan fingerprint density at radius 3 is 2.13 bits per heavy atom. The first-order valence-corrected chi connectivity index (χ1v) is 16.4. The smallest absolute Gasteiger partial charge is 0.478 e. The number of pyridine rings is 1. The Bertz CT molecular complexity index is 1470. The van der Waals surface area contributed by atoms with E-state index in [-0.39, 0.29) is 22.8 Å². The van der Waals surface area contributed by atoms with E-state index in [0.717, 1.165) is 64.2 Å². The van der Waals surface area contributed by atoms with Crippen molar-refractivity contribution in [3.05, 3.63) is 64.5 Å². The number of benzene rings is 1. The highest BCUT2D eigenvalue weighted by atomic mass is 19.4. The summed E-state index contributed by atoms with van der Waals surface area (Å²) in [5.74, 6) is -0.439. The molecule has 3 rings (SSSR count). The maximum Gasteiger partial charge on any atom is 0.573 e. The van der Waals surface area contributed by atoms with Crippen LogP contribution in [0.4, 0.5) is 13.2 Å². The Balaban J connectivity index is 1.43. The Kier molecular flexibility index (Phi) is 15.1. The normalized spacial score (nSPS) is 11.5. The number of carbonyl (C=O) groups is 1. The molecule has 0 aliphatic heterocycles. The summed E-state index contributed by atoms with van der Waals surface area (Å²) in [5.41, 5.74) is 0.339. The molecule has 0 spiro atoms. The summed E-state index contributed by atoms with van der Waals surface area (Å²) in [6, 6.07) is 9.32. The SMILES string of the molecule is C=C(C)C(=O)OCCCCCCCCCCCCOc1ccc2cc(-c3ccc(CCCCC)cc3OC(F)(F)F)c(=O)oc2n1. The molecular formula is C36H46F3NO6. The van der Waals surface area contributed by atoms with E-state index in [2.05, 4.69) is 23.2 Å². The fraction of sp³-hybridized carbons (Fsp3) is 0.528. The van der Waals surface area contributed by atoms with Crippen molar-refractivity contribution in [1.82, 2.24) is 4.98 Å². The highest BCUT2D eigenvalue weighted by Gasteiger charge is 2.33. The number of ether oxygens (including phenoxy) is 3. The molecule has 0 atom stereocenters. The molecule has 3 aromatic rings. The summed E-state index contributed by atoms with van der Waals surface area (Å²) in [6.07, 6.45) is 9.30. The van der Waals surface area contributed by atoms with Crippen LogP contribution in [0.25, 0.3) is 22.2 Å². The van der Waals surface area contributed by atoms with Crippen molar-refractivity contribution in [2.45, 2.75) is 110 Å². The van der Waals surface area contributed by atoms with Crippen molar-refractivity contribution in [1.29, 1.82) is 0 Å². The molecule has 0 aliphatic carbocycles. The average Bonchev–Trinajstić information content (AvgIpc) is 3.00. The quantitative estimate of drug-likeness (QED) is 0.0647. The summed E-state index contributed by atoms with van der Waals surface area (Å²) >= 11 is 0. The van der Waals surface area contributed by atoms with Crippen LogP contribution in [0.5, 0.6) is 11.6 Å². The van der Waals surface area contributed by atoms with Gasteiger partial charge in [-0.25, -0.2) is 9.59 Å². The first kappa shape index (κ1) is 36.6. The second-order valence-corrected chi connectivity index (χ2v) is 11.6. The fourth-order valence-electron chi connectivity index (χ4n) is 5.07. The van der Waals surface area contributed by atoms with E-state index in [1.54, 1.807) is 25.1 Å². The molecule has 0 amide bonds. The van der Waals surface area contributed by atoms with Crippen LogP contribution in [0.1, 0.15) is 103 Å². The third-order valence-electron chi connectivity index (χ3n) is 7.57. The van der Waals surface area contributed by atoms with Crippen LogP contribution in [0.2, 0.25) is 0 Å². The van der Waals surface area contributed by atoms with Crippen molar-refractivity contribution >= 4 is 17.1 Å². The Morgan fingerprint density at radius 1 is 0.848 bits per heavy atom. The molecule has 0 bridgehead atoms. The number of hydrogen-bond donors (Lipinski definition) is 0. The summed E-state index contributed by atoms with van der Waals surface area (Å²) in [6.45, 7) is 8.19. The molecule has 0 fully saturated rings. The molecule has 2 aromatic heterocycles. The second-order valence-electron chi connectivity index (χ2n) is 11.6. The van der Waals surface area contributed by atoms with E-state index in [1.807, 2.05) is 0 Å². The van der Waals surface area contributed by atoms with E-state index in [9.17, 15) is 22.8 Å². The summed E-state index contributed by atoms with van der Waals surface area (Å²) in [5, 5.41) is 0.457. The van der Waals surface area contributed by atoms with Crippen LogP contribution in [0.3, 0.4) is 0 Å². The number of aromatic nitrogens is 1. The predicted octanol–water partition coefficient (Wildman–Crippen LogP) is 9.89. The van der Waals surface area contributed by atoms with Crippen LogP contribution >= 0.6 is 0 Å². The lowest BCUT2D eigenvalue weighted by Gasteiger charge is -2.15. The van der Waals surface area contributed by atoms with Gasteiger partial charge in [-0.2, -0.15) is 4.98 Å². The minimum Gasteiger partial charge on any atom is -0.478 e. The number of fused-ring (bicyclic) bond motifs is 1. The number of nitrogens with zero attached hydrogens (tertiary/aromatic N) is 1. The van der Waals surface area contributed by atoms with Gasteiger partial charge in [0.2, 0.25) is 11.6 Å². The molecule has 7 nitrogen and oxygen atoms in total. The Morgan fingerprint density at radius 2 is 1.50 bits per heavy atom. The lowest BCUT2D eigenvalue weighted by molar-refractivity contribution is -0.274. The van der Waals surface area contributed by atoms with Crippen molar-refractivity contribution in [2.24, 2.45) is 0 Å². The minimum absolute atomic E-state index is 0.00588. The molecule has 0 saturated heterocycles. The summed E-state index contributed by atoms with van der Waals surface area (Å²) in [4.78, 5) is 28.5. The molecule has 1 aromatic carbocycles. The molecule has 10 heteroatoms. The zero-order valence-electron chi connectivity index (χ0n) is 27.0. The maximum atomic E-state index is 13.2. The van der Waals surface area contributed by atoms with E-state index in [4.69, 9.17) is 13.9 Å². The summed E-state index contributed by atoms with van der Waals surface area (Å²) in [7, 11) is 0. The van der Waals surface area contributed by atoms with Gasteiger partial charge in [-0.05, 0) is 56.4 Å². The number of aryl methyl sites for hydroxylation is 1. The highest BCUT2D eigenvalue weighted by Crippen LogP contribution is 2.35. The Labute approximate surface area is 269 Å². The molecular weight excluding hydrogens is 599 g/mol. The number of esters is 1. The molecule has 252 valence electrons. The molecule has 0 radical (unpaired) electrons. The van der Waals surface area contributed by atoms with Crippen molar-refractivity contribution in [3.8, 4) is 22.8 Å². The Hall–Kier alpha value is -3.82. The van der Waals surface area contributed by atoms with Crippen LogP contribution in [0, 0.1) is 0 Å². The van der Waals surface area contributed by atoms with Gasteiger partial charge in [0.05, 0.1) is 18.8 Å². The van der Waals surface area contributed by atoms with Gasteiger partial charge in [0.1, 0.15) is 5.75 Å². The standard InChI is InChI=1S/C36H46F3NO6/c1-4-5-14-17-27-18-20-29(31(24-27)46-36(37,38)39)30-25-28-19-21-32(40-33(28)45-35(30)42)43-22-15-12-10-8-6-7-9-11-13-16-23-44-34(41)26(2)3/h18-21,24-25H,2,4-17,22-23H2,1,3H3. The average molecular weight is 646 g/mol. The van der Waals surface area contributed by atoms with Gasteiger partial charge in [0.25, 0.3) is 0 Å². The van der Waals surface area contributed by atoms with Crippen LogP contribution in [-0.2, 0) is 16.0 Å². The van der Waals surface area contributed by atoms with Crippen LogP contribution < -0.4 is 15.1 Å². The van der Waals surface area contributed by atoms with Gasteiger partial charge in [0, 0.05) is 22.6 Å². The number of rotatable bonds is 21. The molecule has 0 saturated carbocycles. The number of halogens is 3. The number of hydrogen-bond acceptors (Lipinski definition) is 7. The monoisotopic (exact) mass is 645 g/mol. The van der Waals surface area contributed by atoms with Gasteiger partial charge < -0.3 is 18.6 Å².